The molecular weight excluding hydrogens is 497 g/mol. The molecule has 2 heterocycles. The van der Waals surface area contributed by atoms with Crippen LogP contribution >= 0.6 is 11.3 Å². The van der Waals surface area contributed by atoms with Crippen LogP contribution in [0.1, 0.15) is 23.4 Å². The average molecular weight is 516 g/mol. The molecule has 34 heavy (non-hydrogen) atoms. The fraction of sp³-hybridized carbons (Fsp3) is 0.273. The first-order valence-electron chi connectivity index (χ1n) is 10.2. The number of alkyl halides is 3. The monoisotopic (exact) mass is 515 g/mol. The molecule has 2 unspecified atom stereocenters. The van der Waals surface area contributed by atoms with Gasteiger partial charge >= 0.3 is 6.18 Å². The summed E-state index contributed by atoms with van der Waals surface area (Å²) in [6, 6.07) is 8.27. The van der Waals surface area contributed by atoms with Crippen molar-refractivity contribution in [2.45, 2.75) is 36.5 Å². The smallest absolute Gasteiger partial charge is 0.351 e. The lowest BCUT2D eigenvalue weighted by Gasteiger charge is -2.22. The largest absolute Gasteiger partial charge is 0.443 e. The maximum Gasteiger partial charge on any atom is 0.443 e. The quantitative estimate of drug-likeness (QED) is 0.475. The Morgan fingerprint density at radius 2 is 1.88 bits per heavy atom. The number of halogens is 5. The number of nitrogens with one attached hydrogen (secondary N) is 1. The number of carbonyl (C=O) groups is 1. The Balaban J connectivity index is 1.44. The first kappa shape index (κ1) is 24.4. The molecule has 1 N–H and O–H groups in total. The van der Waals surface area contributed by atoms with Crippen LogP contribution in [-0.4, -0.2) is 32.0 Å². The third kappa shape index (κ3) is 5.50. The van der Waals surface area contributed by atoms with Gasteiger partial charge in [0.25, 0.3) is 0 Å². The first-order chi connectivity index (χ1) is 16.1. The highest BCUT2D eigenvalue weighted by Gasteiger charge is 2.36. The number of benzene rings is 2. The summed E-state index contributed by atoms with van der Waals surface area (Å²) in [6.07, 6.45) is -2.45. The molecular formula is C22H18F5N3O2S2. The van der Waals surface area contributed by atoms with E-state index in [0.717, 1.165) is 12.3 Å². The van der Waals surface area contributed by atoms with Gasteiger partial charge in [0.05, 0.1) is 9.77 Å². The van der Waals surface area contributed by atoms with Crippen molar-refractivity contribution in [3.8, 4) is 10.4 Å². The maximum absolute atomic E-state index is 14.1. The molecule has 1 aliphatic rings. The van der Waals surface area contributed by atoms with Crippen LogP contribution in [0.25, 0.3) is 10.4 Å². The lowest BCUT2D eigenvalue weighted by atomic mass is 10.1. The van der Waals surface area contributed by atoms with E-state index in [-0.39, 0.29) is 17.0 Å². The highest BCUT2D eigenvalue weighted by atomic mass is 32.2. The Morgan fingerprint density at radius 1 is 1.15 bits per heavy atom. The van der Waals surface area contributed by atoms with Gasteiger partial charge in [0, 0.05) is 19.3 Å². The Morgan fingerprint density at radius 3 is 2.56 bits per heavy atom. The van der Waals surface area contributed by atoms with Crippen LogP contribution in [0.15, 0.2) is 53.6 Å². The molecule has 0 bridgehead atoms. The minimum atomic E-state index is -4.59. The summed E-state index contributed by atoms with van der Waals surface area (Å²) in [5, 5.41) is 1.66. The standard InChI is InChI=1S/C22H18F5N3O2S2/c23-15-3-5-17(6-4-15)34(32)30-7-1-2-18(30)20(31)28-11-13-8-14(10-16(24)9-13)19-12-29-21(33-19)22(25,26)27/h3-6,8-10,12,18H,1-2,7,11H2,(H,28,31). The molecule has 1 saturated heterocycles. The number of aromatic nitrogens is 1. The normalized spacial score (nSPS) is 17.6. The summed E-state index contributed by atoms with van der Waals surface area (Å²) in [5.74, 6) is -1.53. The minimum absolute atomic E-state index is 0.0674. The minimum Gasteiger partial charge on any atom is -0.351 e. The third-order valence-electron chi connectivity index (χ3n) is 5.19. The predicted molar refractivity (Wildman–Crippen MR) is 117 cm³/mol. The van der Waals surface area contributed by atoms with Crippen LogP contribution in [0.5, 0.6) is 0 Å². The van der Waals surface area contributed by atoms with Gasteiger partial charge in [0.1, 0.15) is 28.7 Å². The molecule has 3 aromatic rings. The topological polar surface area (TPSA) is 62.3 Å². The second-order valence-corrected chi connectivity index (χ2v) is 10.1. The first-order valence-corrected chi connectivity index (χ1v) is 12.1. The number of carbonyl (C=O) groups excluding carboxylic acids is 1. The Kier molecular flexibility index (Phi) is 7.10. The van der Waals surface area contributed by atoms with Crippen molar-refractivity contribution < 1.29 is 31.0 Å². The van der Waals surface area contributed by atoms with E-state index in [1.807, 2.05) is 0 Å². The van der Waals surface area contributed by atoms with E-state index in [9.17, 15) is 31.0 Å². The highest BCUT2D eigenvalue weighted by Crippen LogP contribution is 2.36. The molecule has 0 aliphatic carbocycles. The van der Waals surface area contributed by atoms with E-state index in [0.29, 0.717) is 41.2 Å². The van der Waals surface area contributed by atoms with Crippen molar-refractivity contribution in [3.05, 3.63) is 70.9 Å². The zero-order valence-electron chi connectivity index (χ0n) is 17.4. The van der Waals surface area contributed by atoms with E-state index in [1.54, 1.807) is 0 Å². The number of hydrogen-bond acceptors (Lipinski definition) is 4. The van der Waals surface area contributed by atoms with Crippen LogP contribution in [0.2, 0.25) is 0 Å². The lowest BCUT2D eigenvalue weighted by Crippen LogP contribution is -2.43. The molecule has 180 valence electrons. The summed E-state index contributed by atoms with van der Waals surface area (Å²) in [4.78, 5) is 16.7. The van der Waals surface area contributed by atoms with Gasteiger partial charge in [-0.3, -0.25) is 4.79 Å². The Bertz CT molecular complexity index is 1210. The Hall–Kier alpha value is -2.70. The summed E-state index contributed by atoms with van der Waals surface area (Å²) in [6.45, 7) is 0.348. The summed E-state index contributed by atoms with van der Waals surface area (Å²) in [7, 11) is -1.65. The number of nitrogens with zero attached hydrogens (tertiary/aromatic N) is 2. The molecule has 1 aromatic heterocycles. The van der Waals surface area contributed by atoms with Crippen LogP contribution < -0.4 is 5.32 Å². The number of hydrogen-bond donors (Lipinski definition) is 1. The van der Waals surface area contributed by atoms with Crippen molar-refractivity contribution in [2.75, 3.05) is 6.54 Å². The zero-order chi connectivity index (χ0) is 24.5. The Labute approximate surface area is 198 Å². The van der Waals surface area contributed by atoms with Crippen molar-refractivity contribution >= 4 is 28.2 Å². The molecule has 2 atom stereocenters. The van der Waals surface area contributed by atoms with Crippen molar-refractivity contribution in [1.29, 1.82) is 0 Å². The molecule has 0 spiro atoms. The number of thiazole rings is 1. The van der Waals surface area contributed by atoms with Crippen molar-refractivity contribution in [3.63, 3.8) is 0 Å². The van der Waals surface area contributed by atoms with E-state index >= 15 is 0 Å². The van der Waals surface area contributed by atoms with E-state index in [2.05, 4.69) is 10.3 Å². The fourth-order valence-corrected chi connectivity index (χ4v) is 5.76. The van der Waals surface area contributed by atoms with E-state index < -0.39 is 45.8 Å². The van der Waals surface area contributed by atoms with Crippen molar-refractivity contribution in [2.24, 2.45) is 0 Å². The second-order valence-electron chi connectivity index (χ2n) is 7.60. The van der Waals surface area contributed by atoms with Crippen molar-refractivity contribution in [1.82, 2.24) is 14.6 Å². The lowest BCUT2D eigenvalue weighted by molar-refractivity contribution is -0.137. The van der Waals surface area contributed by atoms with Crippen LogP contribution in [0.3, 0.4) is 0 Å². The highest BCUT2D eigenvalue weighted by molar-refractivity contribution is 7.82. The van der Waals surface area contributed by atoms with Gasteiger partial charge in [-0.1, -0.05) is 0 Å². The van der Waals surface area contributed by atoms with Gasteiger partial charge in [-0.25, -0.2) is 22.3 Å². The average Bonchev–Trinajstić information content (AvgIpc) is 3.47. The van der Waals surface area contributed by atoms with Gasteiger partial charge in [-0.05, 0) is 66.4 Å². The summed E-state index contributed by atoms with van der Waals surface area (Å²) < 4.78 is 80.2. The number of rotatable bonds is 6. The summed E-state index contributed by atoms with van der Waals surface area (Å²) >= 11 is 0.403. The molecule has 5 nitrogen and oxygen atoms in total. The third-order valence-corrected chi connectivity index (χ3v) is 7.82. The molecule has 1 amide bonds. The molecule has 0 radical (unpaired) electrons. The molecule has 0 saturated carbocycles. The van der Waals surface area contributed by atoms with Crippen LogP contribution in [-0.2, 0) is 28.5 Å². The van der Waals surface area contributed by atoms with Gasteiger partial charge in [0.2, 0.25) is 5.91 Å². The zero-order valence-corrected chi connectivity index (χ0v) is 19.1. The van der Waals surface area contributed by atoms with Gasteiger partial charge in [-0.15, -0.1) is 11.3 Å². The maximum atomic E-state index is 14.1. The van der Waals surface area contributed by atoms with Crippen LogP contribution in [0, 0.1) is 11.6 Å². The molecule has 1 fully saturated rings. The molecule has 1 aliphatic heterocycles. The molecule has 2 aromatic carbocycles. The number of amides is 1. The predicted octanol–water partition coefficient (Wildman–Crippen LogP) is 4.91. The van der Waals surface area contributed by atoms with E-state index in [4.69, 9.17) is 0 Å². The molecule has 4 rings (SSSR count). The summed E-state index contributed by atoms with van der Waals surface area (Å²) in [5.41, 5.74) is 0.576. The SMILES string of the molecule is O=C(NCc1cc(F)cc(-c2cnc(C(F)(F)F)s2)c1)C1CCCN1S(=O)c1ccc(F)cc1. The van der Waals surface area contributed by atoms with Gasteiger partial charge in [-0.2, -0.15) is 13.2 Å². The van der Waals surface area contributed by atoms with Gasteiger partial charge < -0.3 is 5.32 Å². The second kappa shape index (κ2) is 9.88. The van der Waals surface area contributed by atoms with Crippen LogP contribution in [0.4, 0.5) is 22.0 Å². The fourth-order valence-electron chi connectivity index (χ4n) is 3.63. The molecule has 12 heteroatoms. The van der Waals surface area contributed by atoms with E-state index in [1.165, 1.54) is 40.7 Å². The van der Waals surface area contributed by atoms with Gasteiger partial charge in [0.15, 0.2) is 5.01 Å².